The molecule has 1 saturated heterocycles. The van der Waals surface area contributed by atoms with E-state index in [2.05, 4.69) is 10.2 Å². The zero-order valence-electron chi connectivity index (χ0n) is 11.3. The molecule has 1 aromatic carbocycles. The number of nitrogens with zero attached hydrogens (tertiary/aromatic N) is 1. The first-order valence-corrected chi connectivity index (χ1v) is 6.64. The van der Waals surface area contributed by atoms with E-state index in [-0.39, 0.29) is 12.1 Å². The van der Waals surface area contributed by atoms with Crippen LogP contribution in [0.15, 0.2) is 18.2 Å². The van der Waals surface area contributed by atoms with Crippen LogP contribution >= 0.6 is 0 Å². The average Bonchev–Trinajstić information content (AvgIpc) is 2.76. The minimum Gasteiger partial charge on any atom is -0.311 e. The maximum atomic E-state index is 13.0. The third-order valence-corrected chi connectivity index (χ3v) is 3.74. The van der Waals surface area contributed by atoms with E-state index >= 15 is 0 Å². The van der Waals surface area contributed by atoms with E-state index < -0.39 is 17.6 Å². The molecular formula is C14H18F4N2. The van der Waals surface area contributed by atoms with Crippen molar-refractivity contribution in [2.75, 3.05) is 20.1 Å². The van der Waals surface area contributed by atoms with Crippen molar-refractivity contribution < 1.29 is 17.6 Å². The zero-order chi connectivity index (χ0) is 14.8. The number of halogens is 4. The Kier molecular flexibility index (Phi) is 4.65. The molecule has 1 unspecified atom stereocenters. The first-order chi connectivity index (χ1) is 9.38. The van der Waals surface area contributed by atoms with Gasteiger partial charge in [-0.1, -0.05) is 6.07 Å². The van der Waals surface area contributed by atoms with E-state index in [4.69, 9.17) is 0 Å². The van der Waals surface area contributed by atoms with Gasteiger partial charge in [-0.05, 0) is 44.1 Å². The molecule has 1 fully saturated rings. The average molecular weight is 290 g/mol. The molecule has 2 nitrogen and oxygen atoms in total. The fourth-order valence-corrected chi connectivity index (χ4v) is 2.58. The van der Waals surface area contributed by atoms with Crippen LogP contribution in [0.25, 0.3) is 0 Å². The molecule has 0 bridgehead atoms. The highest BCUT2D eigenvalue weighted by atomic mass is 19.4. The van der Waals surface area contributed by atoms with Gasteiger partial charge >= 0.3 is 6.18 Å². The Bertz CT molecular complexity index is 459. The molecule has 2 rings (SSSR count). The topological polar surface area (TPSA) is 15.3 Å². The van der Waals surface area contributed by atoms with E-state index in [0.29, 0.717) is 18.7 Å². The SMILES string of the molecule is CN1CCCC1CNCc1ccc(F)cc1C(F)(F)F. The molecule has 0 aromatic heterocycles. The molecular weight excluding hydrogens is 272 g/mol. The third kappa shape index (κ3) is 3.70. The lowest BCUT2D eigenvalue weighted by atomic mass is 10.1. The van der Waals surface area contributed by atoms with Gasteiger partial charge in [-0.15, -0.1) is 0 Å². The molecule has 1 N–H and O–H groups in total. The van der Waals surface area contributed by atoms with Gasteiger partial charge in [-0.2, -0.15) is 13.2 Å². The monoisotopic (exact) mass is 290 g/mol. The highest BCUT2D eigenvalue weighted by Gasteiger charge is 2.33. The van der Waals surface area contributed by atoms with E-state index in [0.717, 1.165) is 25.5 Å². The molecule has 1 atom stereocenters. The Morgan fingerprint density at radius 3 is 2.70 bits per heavy atom. The summed E-state index contributed by atoms with van der Waals surface area (Å²) < 4.78 is 51.4. The van der Waals surface area contributed by atoms with Crippen molar-refractivity contribution in [3.05, 3.63) is 35.1 Å². The molecule has 6 heteroatoms. The van der Waals surface area contributed by atoms with Crippen molar-refractivity contribution in [1.82, 2.24) is 10.2 Å². The van der Waals surface area contributed by atoms with Crippen molar-refractivity contribution in [2.24, 2.45) is 0 Å². The van der Waals surface area contributed by atoms with Gasteiger partial charge in [0.1, 0.15) is 5.82 Å². The summed E-state index contributed by atoms with van der Waals surface area (Å²) in [4.78, 5) is 2.20. The van der Waals surface area contributed by atoms with Crippen LogP contribution in [-0.2, 0) is 12.7 Å². The van der Waals surface area contributed by atoms with Crippen molar-refractivity contribution >= 4 is 0 Å². The Morgan fingerprint density at radius 1 is 1.35 bits per heavy atom. The van der Waals surface area contributed by atoms with E-state index in [9.17, 15) is 17.6 Å². The Morgan fingerprint density at radius 2 is 2.10 bits per heavy atom. The largest absolute Gasteiger partial charge is 0.416 e. The fraction of sp³-hybridized carbons (Fsp3) is 0.571. The molecule has 0 radical (unpaired) electrons. The lowest BCUT2D eigenvalue weighted by molar-refractivity contribution is -0.138. The van der Waals surface area contributed by atoms with E-state index in [1.54, 1.807) is 0 Å². The van der Waals surface area contributed by atoms with Gasteiger partial charge in [0, 0.05) is 19.1 Å². The summed E-state index contributed by atoms with van der Waals surface area (Å²) in [5, 5.41) is 3.04. The number of hydrogen-bond donors (Lipinski definition) is 1. The lowest BCUT2D eigenvalue weighted by Crippen LogP contribution is -2.35. The van der Waals surface area contributed by atoms with Gasteiger partial charge in [0.15, 0.2) is 0 Å². The summed E-state index contributed by atoms with van der Waals surface area (Å²) in [5.41, 5.74) is -0.815. The molecule has 0 amide bonds. The number of likely N-dealkylation sites (N-methyl/N-ethyl adjacent to an activating group) is 1. The first kappa shape index (κ1) is 15.3. The van der Waals surface area contributed by atoms with Gasteiger partial charge in [0.25, 0.3) is 0 Å². The van der Waals surface area contributed by atoms with Crippen LogP contribution in [-0.4, -0.2) is 31.1 Å². The van der Waals surface area contributed by atoms with Crippen molar-refractivity contribution in [1.29, 1.82) is 0 Å². The number of hydrogen-bond acceptors (Lipinski definition) is 2. The summed E-state index contributed by atoms with van der Waals surface area (Å²) >= 11 is 0. The standard InChI is InChI=1S/C14H18F4N2/c1-20-6-2-3-12(20)9-19-8-10-4-5-11(15)7-13(10)14(16,17)18/h4-5,7,12,19H,2-3,6,8-9H2,1H3. The fourth-order valence-electron chi connectivity index (χ4n) is 2.58. The van der Waals surface area contributed by atoms with Crippen molar-refractivity contribution in [3.63, 3.8) is 0 Å². The molecule has 0 saturated carbocycles. The van der Waals surface area contributed by atoms with Crippen LogP contribution in [0.1, 0.15) is 24.0 Å². The minimum atomic E-state index is -4.52. The summed E-state index contributed by atoms with van der Waals surface area (Å²) in [6.45, 7) is 1.77. The second kappa shape index (κ2) is 6.10. The Balaban J connectivity index is 1.99. The number of alkyl halides is 3. The molecule has 20 heavy (non-hydrogen) atoms. The number of rotatable bonds is 4. The molecule has 112 valence electrons. The van der Waals surface area contributed by atoms with Crippen molar-refractivity contribution in [3.8, 4) is 0 Å². The van der Waals surface area contributed by atoms with Gasteiger partial charge in [-0.25, -0.2) is 4.39 Å². The van der Waals surface area contributed by atoms with Crippen molar-refractivity contribution in [2.45, 2.75) is 31.6 Å². The van der Waals surface area contributed by atoms with Gasteiger partial charge in [0.2, 0.25) is 0 Å². The van der Waals surface area contributed by atoms with E-state index in [1.165, 1.54) is 6.07 Å². The number of nitrogens with one attached hydrogen (secondary N) is 1. The predicted molar refractivity (Wildman–Crippen MR) is 68.8 cm³/mol. The zero-order valence-corrected chi connectivity index (χ0v) is 11.3. The maximum Gasteiger partial charge on any atom is 0.416 e. The third-order valence-electron chi connectivity index (χ3n) is 3.74. The van der Waals surface area contributed by atoms with Crippen LogP contribution in [0.4, 0.5) is 17.6 Å². The number of benzene rings is 1. The second-order valence-electron chi connectivity index (χ2n) is 5.21. The molecule has 1 aliphatic heterocycles. The highest BCUT2D eigenvalue weighted by Crippen LogP contribution is 2.32. The van der Waals surface area contributed by atoms with Crippen LogP contribution < -0.4 is 5.32 Å². The van der Waals surface area contributed by atoms with Gasteiger partial charge < -0.3 is 10.2 Å². The normalized spacial score (nSPS) is 20.6. The molecule has 0 spiro atoms. The summed E-state index contributed by atoms with van der Waals surface area (Å²) in [5.74, 6) is -0.864. The quantitative estimate of drug-likeness (QED) is 0.858. The smallest absolute Gasteiger partial charge is 0.311 e. The molecule has 0 aliphatic carbocycles. The van der Waals surface area contributed by atoms with Gasteiger partial charge in [0.05, 0.1) is 5.56 Å². The Hall–Kier alpha value is -1.14. The number of likely N-dealkylation sites (tertiary alicyclic amines) is 1. The molecule has 1 heterocycles. The lowest BCUT2D eigenvalue weighted by Gasteiger charge is -2.20. The van der Waals surface area contributed by atoms with Crippen LogP contribution in [0, 0.1) is 5.82 Å². The molecule has 1 aliphatic rings. The summed E-state index contributed by atoms with van der Waals surface area (Å²) in [6, 6.07) is 3.18. The first-order valence-electron chi connectivity index (χ1n) is 6.64. The predicted octanol–water partition coefficient (Wildman–Crippen LogP) is 3.03. The summed E-state index contributed by atoms with van der Waals surface area (Å²) in [6.07, 6.45) is -2.35. The van der Waals surface area contributed by atoms with Crippen LogP contribution in [0.3, 0.4) is 0 Å². The van der Waals surface area contributed by atoms with Crippen LogP contribution in [0.5, 0.6) is 0 Å². The Labute approximate surface area is 115 Å². The van der Waals surface area contributed by atoms with Crippen LogP contribution in [0.2, 0.25) is 0 Å². The highest BCUT2D eigenvalue weighted by molar-refractivity contribution is 5.30. The van der Waals surface area contributed by atoms with E-state index in [1.807, 2.05) is 7.05 Å². The maximum absolute atomic E-state index is 13.0. The van der Waals surface area contributed by atoms with Gasteiger partial charge in [-0.3, -0.25) is 0 Å². The minimum absolute atomic E-state index is 0.0829. The second-order valence-corrected chi connectivity index (χ2v) is 5.21. The molecule has 1 aromatic rings. The summed E-state index contributed by atoms with van der Waals surface area (Å²) in [7, 11) is 2.01.